The van der Waals surface area contributed by atoms with Crippen molar-refractivity contribution in [1.82, 2.24) is 25.4 Å². The van der Waals surface area contributed by atoms with E-state index in [0.717, 1.165) is 41.9 Å². The Hall–Kier alpha value is -2.67. The molecule has 0 aliphatic carbocycles. The molecule has 6 nitrogen and oxygen atoms in total. The monoisotopic (exact) mass is 382 g/mol. The molecule has 0 fully saturated rings. The molecule has 0 saturated heterocycles. The Morgan fingerprint density at radius 1 is 1.19 bits per heavy atom. The van der Waals surface area contributed by atoms with Gasteiger partial charge in [-0.2, -0.15) is 5.10 Å². The van der Waals surface area contributed by atoms with Crippen LogP contribution in [0.25, 0.3) is 5.69 Å². The molecule has 0 atom stereocenters. The Bertz CT molecular complexity index is 862. The number of rotatable bonds is 7. The van der Waals surface area contributed by atoms with E-state index >= 15 is 0 Å². The molecule has 0 bridgehead atoms. The molecule has 0 aliphatic heterocycles. The predicted molar refractivity (Wildman–Crippen MR) is 112 cm³/mol. The largest absolute Gasteiger partial charge is 0.357 e. The number of aliphatic imine (C=N–C) groups is 1. The van der Waals surface area contributed by atoms with Crippen LogP contribution in [0.2, 0.25) is 0 Å². The number of nitrogens with zero attached hydrogens (tertiary/aromatic N) is 4. The summed E-state index contributed by atoms with van der Waals surface area (Å²) in [6.07, 6.45) is 4.87. The highest BCUT2D eigenvalue weighted by Crippen LogP contribution is 2.16. The molecular weight excluding hydrogens is 356 g/mol. The third-order valence-electron chi connectivity index (χ3n) is 4.15. The van der Waals surface area contributed by atoms with Crippen LogP contribution in [0.15, 0.2) is 47.7 Å². The summed E-state index contributed by atoms with van der Waals surface area (Å²) in [7, 11) is 0. The van der Waals surface area contributed by atoms with Gasteiger partial charge in [-0.25, -0.2) is 14.7 Å². The minimum Gasteiger partial charge on any atom is -0.357 e. The van der Waals surface area contributed by atoms with Gasteiger partial charge in [-0.05, 0) is 44.9 Å². The zero-order chi connectivity index (χ0) is 19.1. The van der Waals surface area contributed by atoms with Crippen molar-refractivity contribution in [2.75, 3.05) is 13.1 Å². The molecule has 2 aromatic heterocycles. The molecule has 7 heteroatoms. The van der Waals surface area contributed by atoms with Crippen LogP contribution in [0.3, 0.4) is 0 Å². The maximum absolute atomic E-state index is 4.64. The average molecular weight is 383 g/mol. The van der Waals surface area contributed by atoms with Crippen molar-refractivity contribution < 1.29 is 0 Å². The molecule has 0 spiro atoms. The van der Waals surface area contributed by atoms with Crippen molar-refractivity contribution in [3.8, 4) is 5.69 Å². The van der Waals surface area contributed by atoms with Crippen LogP contribution < -0.4 is 10.6 Å². The van der Waals surface area contributed by atoms with Gasteiger partial charge in [-0.1, -0.05) is 18.2 Å². The van der Waals surface area contributed by atoms with Gasteiger partial charge in [-0.3, -0.25) is 0 Å². The third kappa shape index (κ3) is 5.40. The van der Waals surface area contributed by atoms with Gasteiger partial charge in [0.05, 0.1) is 24.1 Å². The molecule has 0 amide bonds. The van der Waals surface area contributed by atoms with Crippen LogP contribution in [0.4, 0.5) is 0 Å². The SMILES string of the molecule is CCNC(=NCc1nc(C)c(C)s1)NCCc1cnn(-c2ccccc2)c1. The van der Waals surface area contributed by atoms with Crippen LogP contribution in [0.5, 0.6) is 0 Å². The average Bonchev–Trinajstić information content (AvgIpc) is 3.27. The van der Waals surface area contributed by atoms with Crippen LogP contribution >= 0.6 is 11.3 Å². The summed E-state index contributed by atoms with van der Waals surface area (Å²) in [5.74, 6) is 0.818. The number of aryl methyl sites for hydroxylation is 2. The zero-order valence-electron chi connectivity index (χ0n) is 16.1. The molecule has 0 saturated carbocycles. The van der Waals surface area contributed by atoms with Crippen molar-refractivity contribution in [2.24, 2.45) is 4.99 Å². The normalized spacial score (nSPS) is 11.6. The first-order chi connectivity index (χ1) is 13.2. The Morgan fingerprint density at radius 2 is 2.00 bits per heavy atom. The molecule has 3 rings (SSSR count). The van der Waals surface area contributed by atoms with E-state index in [-0.39, 0.29) is 0 Å². The zero-order valence-corrected chi connectivity index (χ0v) is 16.9. The molecule has 2 heterocycles. The van der Waals surface area contributed by atoms with E-state index in [1.165, 1.54) is 10.4 Å². The molecule has 2 N–H and O–H groups in total. The maximum atomic E-state index is 4.64. The fourth-order valence-electron chi connectivity index (χ4n) is 2.63. The highest BCUT2D eigenvalue weighted by atomic mass is 32.1. The van der Waals surface area contributed by atoms with E-state index in [1.54, 1.807) is 11.3 Å². The van der Waals surface area contributed by atoms with Crippen LogP contribution in [-0.4, -0.2) is 33.8 Å². The van der Waals surface area contributed by atoms with Crippen LogP contribution in [-0.2, 0) is 13.0 Å². The summed E-state index contributed by atoms with van der Waals surface area (Å²) in [5, 5.41) is 12.2. The highest BCUT2D eigenvalue weighted by Gasteiger charge is 2.05. The lowest BCUT2D eigenvalue weighted by Crippen LogP contribution is -2.38. The van der Waals surface area contributed by atoms with Crippen LogP contribution in [0.1, 0.15) is 28.1 Å². The number of thiazole rings is 1. The predicted octanol–water partition coefficient (Wildman–Crippen LogP) is 3.24. The van der Waals surface area contributed by atoms with E-state index in [4.69, 9.17) is 0 Å². The van der Waals surface area contributed by atoms with E-state index in [9.17, 15) is 0 Å². The number of nitrogens with one attached hydrogen (secondary N) is 2. The Kier molecular flexibility index (Phi) is 6.59. The van der Waals surface area contributed by atoms with E-state index in [2.05, 4.69) is 45.8 Å². The number of para-hydroxylation sites is 1. The third-order valence-corrected chi connectivity index (χ3v) is 5.21. The van der Waals surface area contributed by atoms with Gasteiger partial charge in [0, 0.05) is 24.2 Å². The Labute approximate surface area is 164 Å². The summed E-state index contributed by atoms with van der Waals surface area (Å²) >= 11 is 1.71. The quantitative estimate of drug-likeness (QED) is 0.486. The highest BCUT2D eigenvalue weighted by molar-refractivity contribution is 7.11. The van der Waals surface area contributed by atoms with Gasteiger partial charge in [0.15, 0.2) is 5.96 Å². The number of benzene rings is 1. The topological polar surface area (TPSA) is 67.1 Å². The molecule has 0 aliphatic rings. The maximum Gasteiger partial charge on any atom is 0.191 e. The summed E-state index contributed by atoms with van der Waals surface area (Å²) < 4.78 is 1.90. The molecule has 27 heavy (non-hydrogen) atoms. The first kappa shape index (κ1) is 19.1. The van der Waals surface area contributed by atoms with Crippen molar-refractivity contribution in [1.29, 1.82) is 0 Å². The summed E-state index contributed by atoms with van der Waals surface area (Å²) in [4.78, 5) is 10.4. The number of guanidine groups is 1. The lowest BCUT2D eigenvalue weighted by molar-refractivity contribution is 0.798. The molecule has 3 aromatic rings. The number of hydrogen-bond donors (Lipinski definition) is 2. The van der Waals surface area contributed by atoms with Gasteiger partial charge in [0.25, 0.3) is 0 Å². The van der Waals surface area contributed by atoms with Gasteiger partial charge in [0.2, 0.25) is 0 Å². The molecular formula is C20H26N6S. The van der Waals surface area contributed by atoms with Crippen molar-refractivity contribution in [3.63, 3.8) is 0 Å². The second-order valence-electron chi connectivity index (χ2n) is 6.25. The van der Waals surface area contributed by atoms with Crippen molar-refractivity contribution in [2.45, 2.75) is 33.7 Å². The van der Waals surface area contributed by atoms with Crippen molar-refractivity contribution >= 4 is 17.3 Å². The van der Waals surface area contributed by atoms with E-state index in [0.29, 0.717) is 6.54 Å². The van der Waals surface area contributed by atoms with Gasteiger partial charge in [-0.15, -0.1) is 11.3 Å². The molecule has 1 aromatic carbocycles. The minimum atomic E-state index is 0.598. The summed E-state index contributed by atoms with van der Waals surface area (Å²) in [5.41, 5.74) is 3.35. The molecule has 0 radical (unpaired) electrons. The van der Waals surface area contributed by atoms with Gasteiger partial charge < -0.3 is 10.6 Å². The van der Waals surface area contributed by atoms with E-state index in [1.807, 2.05) is 48.1 Å². The molecule has 142 valence electrons. The van der Waals surface area contributed by atoms with Gasteiger partial charge >= 0.3 is 0 Å². The first-order valence-corrected chi connectivity index (χ1v) is 10.0. The van der Waals surface area contributed by atoms with Gasteiger partial charge in [0.1, 0.15) is 5.01 Å². The Balaban J connectivity index is 1.53. The second-order valence-corrected chi connectivity index (χ2v) is 7.54. The standard InChI is InChI=1S/C20H26N6S/c1-4-21-20(23-13-19-25-15(2)16(3)27-19)22-11-10-17-12-24-26(14-17)18-8-6-5-7-9-18/h5-9,12,14H,4,10-11,13H2,1-3H3,(H2,21,22,23). The number of aromatic nitrogens is 3. The van der Waals surface area contributed by atoms with Crippen LogP contribution in [0, 0.1) is 13.8 Å². The fourth-order valence-corrected chi connectivity index (χ4v) is 3.49. The Morgan fingerprint density at radius 3 is 2.70 bits per heavy atom. The lowest BCUT2D eigenvalue weighted by atomic mass is 10.2. The smallest absolute Gasteiger partial charge is 0.191 e. The summed E-state index contributed by atoms with van der Waals surface area (Å²) in [6, 6.07) is 10.1. The van der Waals surface area contributed by atoms with E-state index < -0.39 is 0 Å². The first-order valence-electron chi connectivity index (χ1n) is 9.19. The number of hydrogen-bond acceptors (Lipinski definition) is 4. The summed E-state index contributed by atoms with van der Waals surface area (Å²) in [6.45, 7) is 8.42. The second kappa shape index (κ2) is 9.32. The van der Waals surface area contributed by atoms with Crippen molar-refractivity contribution in [3.05, 3.63) is 63.9 Å². The lowest BCUT2D eigenvalue weighted by Gasteiger charge is -2.10. The minimum absolute atomic E-state index is 0.598. The molecule has 0 unspecified atom stereocenters. The fraction of sp³-hybridized carbons (Fsp3) is 0.350.